The van der Waals surface area contributed by atoms with Gasteiger partial charge in [0, 0.05) is 12.0 Å². The van der Waals surface area contributed by atoms with E-state index in [1.807, 2.05) is 6.07 Å². The van der Waals surface area contributed by atoms with Gasteiger partial charge in [0.1, 0.15) is 0 Å². The maximum absolute atomic E-state index is 10.7. The number of hydrogen-bond donors (Lipinski definition) is 0. The van der Waals surface area contributed by atoms with E-state index in [4.69, 9.17) is 9.47 Å². The van der Waals surface area contributed by atoms with E-state index in [1.54, 1.807) is 6.08 Å². The molecule has 4 nitrogen and oxygen atoms in total. The second-order valence-electron chi connectivity index (χ2n) is 5.18. The van der Waals surface area contributed by atoms with Gasteiger partial charge in [0.2, 0.25) is 6.08 Å². The number of fused-ring (bicyclic) bond motifs is 1. The van der Waals surface area contributed by atoms with E-state index in [0.717, 1.165) is 52.8 Å². The summed E-state index contributed by atoms with van der Waals surface area (Å²) in [5, 5.41) is 0. The Bertz CT molecular complexity index is 589. The van der Waals surface area contributed by atoms with Gasteiger partial charge < -0.3 is 9.47 Å². The van der Waals surface area contributed by atoms with Gasteiger partial charge in [0.05, 0.1) is 23.2 Å². The van der Waals surface area contributed by atoms with E-state index < -0.39 is 0 Å². The quantitative estimate of drug-likeness (QED) is 0.626. The molecule has 0 saturated heterocycles. The number of benzene rings is 1. The molecule has 0 atom stereocenters. The number of ether oxygens (including phenoxy) is 2. The van der Waals surface area contributed by atoms with Crippen LogP contribution in [0.2, 0.25) is 0 Å². The molecule has 0 amide bonds. The van der Waals surface area contributed by atoms with Crippen molar-refractivity contribution in [3.05, 3.63) is 21.7 Å². The van der Waals surface area contributed by atoms with Crippen molar-refractivity contribution in [2.45, 2.75) is 38.1 Å². The molecule has 20 heavy (non-hydrogen) atoms. The minimum Gasteiger partial charge on any atom is -0.489 e. The molecule has 5 heteroatoms. The summed E-state index contributed by atoms with van der Waals surface area (Å²) < 4.78 is 12.6. The molecule has 1 aliphatic carbocycles. The summed E-state index contributed by atoms with van der Waals surface area (Å²) in [5.74, 6) is 1.58. The molecule has 2 aliphatic rings. The van der Waals surface area contributed by atoms with Crippen molar-refractivity contribution in [2.24, 2.45) is 4.99 Å². The zero-order valence-electron chi connectivity index (χ0n) is 11.4. The number of rotatable bonds is 3. The normalized spacial score (nSPS) is 18.9. The Morgan fingerprint density at radius 2 is 2.05 bits per heavy atom. The lowest BCUT2D eigenvalue weighted by Gasteiger charge is -2.20. The molecule has 0 N–H and O–H groups in total. The third-order valence-electron chi connectivity index (χ3n) is 3.91. The van der Waals surface area contributed by atoms with Crippen molar-refractivity contribution in [1.82, 2.24) is 0 Å². The van der Waals surface area contributed by atoms with Gasteiger partial charge >= 0.3 is 0 Å². The number of aliphatic imine (C=N–C) groups is 1. The van der Waals surface area contributed by atoms with Crippen LogP contribution < -0.4 is 9.47 Å². The first-order valence-electron chi connectivity index (χ1n) is 6.92. The predicted octanol–water partition coefficient (Wildman–Crippen LogP) is 3.50. The summed E-state index contributed by atoms with van der Waals surface area (Å²) in [6.45, 7) is 3.40. The molecule has 0 unspecified atom stereocenters. The zero-order chi connectivity index (χ0) is 14.2. The van der Waals surface area contributed by atoms with Crippen LogP contribution in [-0.4, -0.2) is 19.3 Å². The molecule has 1 saturated carbocycles. The third kappa shape index (κ3) is 2.15. The second kappa shape index (κ2) is 5.23. The summed E-state index contributed by atoms with van der Waals surface area (Å²) >= 11 is 3.56. The van der Waals surface area contributed by atoms with Crippen LogP contribution in [0.25, 0.3) is 0 Å². The molecule has 0 spiro atoms. The minimum atomic E-state index is -0.389. The molecular weight excluding hydrogens is 322 g/mol. The van der Waals surface area contributed by atoms with Gasteiger partial charge in [-0.15, -0.1) is 0 Å². The summed E-state index contributed by atoms with van der Waals surface area (Å²) in [5.41, 5.74) is 1.78. The smallest absolute Gasteiger partial charge is 0.235 e. The minimum absolute atomic E-state index is 0.389. The van der Waals surface area contributed by atoms with Crippen LogP contribution in [0.1, 0.15) is 37.3 Å². The van der Waals surface area contributed by atoms with Crippen LogP contribution in [0, 0.1) is 0 Å². The maximum Gasteiger partial charge on any atom is 0.235 e. The maximum atomic E-state index is 10.7. The lowest BCUT2D eigenvalue weighted by Crippen LogP contribution is -2.09. The number of halogens is 1. The SMILES string of the molecule is CCc1c(C2(N=C=O)CC2)cc(Br)c2c1OCCCO2. The first-order valence-corrected chi connectivity index (χ1v) is 7.71. The molecule has 1 fully saturated rings. The highest BCUT2D eigenvalue weighted by Crippen LogP contribution is 2.54. The Morgan fingerprint density at radius 3 is 2.65 bits per heavy atom. The predicted molar refractivity (Wildman–Crippen MR) is 78.2 cm³/mol. The highest BCUT2D eigenvalue weighted by Gasteiger charge is 2.47. The van der Waals surface area contributed by atoms with Crippen LogP contribution in [0.4, 0.5) is 0 Å². The van der Waals surface area contributed by atoms with Crippen molar-refractivity contribution in [3.63, 3.8) is 0 Å². The topological polar surface area (TPSA) is 47.9 Å². The van der Waals surface area contributed by atoms with E-state index >= 15 is 0 Å². The molecule has 0 bridgehead atoms. The van der Waals surface area contributed by atoms with E-state index in [1.165, 1.54) is 0 Å². The average molecular weight is 338 g/mol. The molecule has 0 aromatic heterocycles. The Balaban J connectivity index is 2.19. The summed E-state index contributed by atoms with van der Waals surface area (Å²) in [4.78, 5) is 14.7. The van der Waals surface area contributed by atoms with E-state index in [2.05, 4.69) is 27.8 Å². The average Bonchev–Trinajstić information content (AvgIpc) is 3.23. The van der Waals surface area contributed by atoms with Crippen LogP contribution in [0.15, 0.2) is 15.5 Å². The van der Waals surface area contributed by atoms with Gasteiger partial charge in [-0.25, -0.2) is 4.79 Å². The van der Waals surface area contributed by atoms with Crippen molar-refractivity contribution >= 4 is 22.0 Å². The van der Waals surface area contributed by atoms with Crippen molar-refractivity contribution in [2.75, 3.05) is 13.2 Å². The third-order valence-corrected chi connectivity index (χ3v) is 4.50. The number of hydrogen-bond acceptors (Lipinski definition) is 4. The van der Waals surface area contributed by atoms with Crippen LogP contribution in [0.3, 0.4) is 0 Å². The van der Waals surface area contributed by atoms with E-state index in [0.29, 0.717) is 13.2 Å². The Labute approximate surface area is 126 Å². The van der Waals surface area contributed by atoms with Crippen LogP contribution in [0.5, 0.6) is 11.5 Å². The van der Waals surface area contributed by atoms with Crippen molar-refractivity contribution in [3.8, 4) is 11.5 Å². The zero-order valence-corrected chi connectivity index (χ0v) is 13.0. The summed E-state index contributed by atoms with van der Waals surface area (Å²) in [6, 6.07) is 2.03. The van der Waals surface area contributed by atoms with E-state index in [-0.39, 0.29) is 5.54 Å². The monoisotopic (exact) mass is 337 g/mol. The largest absolute Gasteiger partial charge is 0.489 e. The second-order valence-corrected chi connectivity index (χ2v) is 6.04. The Hall–Kier alpha value is -1.32. The highest BCUT2D eigenvalue weighted by molar-refractivity contribution is 9.10. The molecular formula is C15H16BrNO3. The summed E-state index contributed by atoms with van der Waals surface area (Å²) in [7, 11) is 0. The van der Waals surface area contributed by atoms with Crippen molar-refractivity contribution in [1.29, 1.82) is 0 Å². The Kier molecular flexibility index (Phi) is 3.57. The fourth-order valence-corrected chi connectivity index (χ4v) is 3.28. The standard InChI is InChI=1S/C15H16BrNO3/c1-2-10-11(15(4-5-15)17-9-18)8-12(16)14-13(10)19-6-3-7-20-14/h8H,2-7H2,1H3. The van der Waals surface area contributed by atoms with Crippen molar-refractivity contribution < 1.29 is 14.3 Å². The molecule has 1 heterocycles. The number of nitrogens with zero attached hydrogens (tertiary/aromatic N) is 1. The fourth-order valence-electron chi connectivity index (χ4n) is 2.76. The highest BCUT2D eigenvalue weighted by atomic mass is 79.9. The molecule has 1 aromatic rings. The lowest BCUT2D eigenvalue weighted by molar-refractivity contribution is 0.295. The number of carbonyl (C=O) groups excluding carboxylic acids is 1. The molecule has 1 aromatic carbocycles. The van der Waals surface area contributed by atoms with Gasteiger partial charge in [-0.1, -0.05) is 6.92 Å². The summed E-state index contributed by atoms with van der Waals surface area (Å²) in [6.07, 6.45) is 5.20. The fraction of sp³-hybridized carbons (Fsp3) is 0.533. The van der Waals surface area contributed by atoms with Gasteiger partial charge in [0.25, 0.3) is 0 Å². The lowest BCUT2D eigenvalue weighted by atomic mass is 9.95. The van der Waals surface area contributed by atoms with Crippen LogP contribution >= 0.6 is 15.9 Å². The first kappa shape index (κ1) is 13.7. The van der Waals surface area contributed by atoms with Gasteiger partial charge in [-0.05, 0) is 46.8 Å². The van der Waals surface area contributed by atoms with Gasteiger partial charge in [-0.2, -0.15) is 4.99 Å². The van der Waals surface area contributed by atoms with Gasteiger partial charge in [-0.3, -0.25) is 0 Å². The number of isocyanates is 1. The molecule has 1 aliphatic heterocycles. The van der Waals surface area contributed by atoms with Gasteiger partial charge in [0.15, 0.2) is 11.5 Å². The molecule has 106 valence electrons. The Morgan fingerprint density at radius 1 is 1.35 bits per heavy atom. The first-order chi connectivity index (χ1) is 9.72. The van der Waals surface area contributed by atoms with E-state index in [9.17, 15) is 4.79 Å². The molecule has 3 rings (SSSR count). The van der Waals surface area contributed by atoms with Crippen LogP contribution in [-0.2, 0) is 16.8 Å². The molecule has 0 radical (unpaired) electrons.